The monoisotopic (exact) mass is 876 g/mol. The Balaban J connectivity index is 0.00000283. The minimum atomic E-state index is -2.72. The Kier molecular flexibility index (Phi) is 14.0. The van der Waals surface area contributed by atoms with Crippen LogP contribution >= 0.6 is 0 Å². The van der Waals surface area contributed by atoms with Crippen LogP contribution in [-0.4, -0.2) is 3.21 Å². The van der Waals surface area contributed by atoms with E-state index in [1.165, 1.54) is 55.6 Å². The summed E-state index contributed by atoms with van der Waals surface area (Å²) >= 11 is -2.72. The predicted octanol–water partition coefficient (Wildman–Crippen LogP) is 8.59. The third kappa shape index (κ3) is 9.29. The molecule has 0 saturated carbocycles. The van der Waals surface area contributed by atoms with Gasteiger partial charge in [0.25, 0.3) is 0 Å². The molecule has 0 saturated heterocycles. The molecule has 0 N–H and O–H groups in total. The molecule has 0 heterocycles. The zero-order valence-corrected chi connectivity index (χ0v) is 38.9. The van der Waals surface area contributed by atoms with Crippen molar-refractivity contribution in [2.45, 2.75) is 88.1 Å². The van der Waals surface area contributed by atoms with Gasteiger partial charge in [0.1, 0.15) is 0 Å². The number of hydrogen-bond donors (Lipinski definition) is 0. The van der Waals surface area contributed by atoms with E-state index in [0.29, 0.717) is 3.63 Å². The minimum Gasteiger partial charge on any atom is -1.00 e. The van der Waals surface area contributed by atoms with Gasteiger partial charge in [-0.15, -0.1) is 0 Å². The fourth-order valence-corrected chi connectivity index (χ4v) is 18.3. The Morgan fingerprint density at radius 3 is 1.28 bits per heavy atom. The Hall–Kier alpha value is -3.87. The van der Waals surface area contributed by atoms with Crippen LogP contribution in [0.2, 0.25) is 0 Å². The molecule has 0 radical (unpaired) electrons. The molecule has 0 spiro atoms. The zero-order chi connectivity index (χ0) is 38.9. The predicted molar refractivity (Wildman–Crippen MR) is 238 cm³/mol. The third-order valence-electron chi connectivity index (χ3n) is 12.0. The summed E-state index contributed by atoms with van der Waals surface area (Å²) in [7, 11) is 0. The molecule has 3 heteroatoms. The molecule has 2 aliphatic carbocycles. The van der Waals surface area contributed by atoms with Crippen molar-refractivity contribution in [2.75, 3.05) is 0 Å². The Labute approximate surface area is 368 Å². The van der Waals surface area contributed by atoms with E-state index in [4.69, 9.17) is 0 Å². The molecule has 0 aliphatic heterocycles. The van der Waals surface area contributed by atoms with Crippen LogP contribution in [0.5, 0.6) is 0 Å². The number of allylic oxidation sites excluding steroid dienone is 4. The topological polar surface area (TPSA) is 0 Å². The van der Waals surface area contributed by atoms with Crippen LogP contribution < -0.4 is 24.8 Å². The zero-order valence-electron chi connectivity index (χ0n) is 35.0. The van der Waals surface area contributed by atoms with E-state index in [1.807, 2.05) is 3.21 Å². The molecule has 0 aromatic heterocycles. The number of rotatable bonds is 10. The number of hydrogen-bond acceptors (Lipinski definition) is 0. The third-order valence-corrected chi connectivity index (χ3v) is 20.6. The molecule has 2 aliphatic rings. The first-order chi connectivity index (χ1) is 27.1. The molecule has 6 aromatic rings. The number of halogens is 2. The molecule has 58 heavy (non-hydrogen) atoms. The maximum atomic E-state index is 2.67. The summed E-state index contributed by atoms with van der Waals surface area (Å²) in [6.45, 7) is 14.4. The van der Waals surface area contributed by atoms with Gasteiger partial charge in [0.05, 0.1) is 0 Å². The largest absolute Gasteiger partial charge is 1.00 e. The Morgan fingerprint density at radius 2 is 0.914 bits per heavy atom. The summed E-state index contributed by atoms with van der Waals surface area (Å²) < 4.78 is 4.00. The normalized spacial score (nSPS) is 13.1. The van der Waals surface area contributed by atoms with Gasteiger partial charge in [0.2, 0.25) is 0 Å². The average Bonchev–Trinajstić information content (AvgIpc) is 3.85. The van der Waals surface area contributed by atoms with Crippen LogP contribution in [0, 0.1) is 0 Å². The van der Waals surface area contributed by atoms with Crippen LogP contribution in [-0.2, 0) is 44.9 Å². The summed E-state index contributed by atoms with van der Waals surface area (Å²) in [4.78, 5) is 0. The van der Waals surface area contributed by atoms with Crippen molar-refractivity contribution in [1.29, 1.82) is 0 Å². The second kappa shape index (κ2) is 18.6. The van der Waals surface area contributed by atoms with Gasteiger partial charge in [-0.1, -0.05) is 0 Å². The minimum absolute atomic E-state index is 0. The number of aryl methyl sites for hydroxylation is 2. The van der Waals surface area contributed by atoms with E-state index in [2.05, 4.69) is 205 Å². The fraction of sp³-hybridized carbons (Fsp3) is 0.255. The second-order valence-corrected chi connectivity index (χ2v) is 24.7. The van der Waals surface area contributed by atoms with E-state index >= 15 is 0 Å². The summed E-state index contributed by atoms with van der Waals surface area (Å²) in [5.41, 5.74) is 17.2. The average molecular weight is 879 g/mol. The maximum absolute atomic E-state index is 2.72. The van der Waals surface area contributed by atoms with Crippen molar-refractivity contribution < 1.29 is 46.1 Å². The quantitative estimate of drug-likeness (QED) is 0.130. The standard InChI is InChI=1S/C33H33.C17H18.C5H5.2ClH.Zr/c1-32(2,3)30-20-26-24(18-28(30)22-13-9-7-10-14-22)17-25-19-29(23-15-11-8-12-16-23)31(21-27(25)26)33(4,5)6;1-4-10-16(11-5-1)14-8-3-9-15-17-12-6-2-7-13-17;1-2-4-5-3-1;;;/h7-21H,1-6H3;1-2,4-7,10-13H,8-9,14-15H2;1-3H,4H2;2*1H;/q;;;;;+2/p-2. The van der Waals surface area contributed by atoms with Crippen LogP contribution in [0.15, 0.2) is 167 Å². The molecule has 0 atom stereocenters. The molecule has 0 unspecified atom stereocenters. The van der Waals surface area contributed by atoms with Gasteiger partial charge in [-0.3, -0.25) is 0 Å². The molecule has 0 amide bonds. The van der Waals surface area contributed by atoms with Gasteiger partial charge < -0.3 is 24.8 Å². The van der Waals surface area contributed by atoms with E-state index in [0.717, 1.165) is 32.1 Å². The summed E-state index contributed by atoms with van der Waals surface area (Å²) in [5, 5.41) is 0. The summed E-state index contributed by atoms with van der Waals surface area (Å²) in [5.74, 6) is 0. The van der Waals surface area contributed by atoms with Gasteiger partial charge in [0.15, 0.2) is 0 Å². The van der Waals surface area contributed by atoms with Crippen molar-refractivity contribution in [3.8, 4) is 33.4 Å². The Morgan fingerprint density at radius 1 is 0.517 bits per heavy atom. The molecular weight excluding hydrogens is 823 g/mol. The van der Waals surface area contributed by atoms with Gasteiger partial charge in [-0.05, 0) is 0 Å². The van der Waals surface area contributed by atoms with E-state index in [9.17, 15) is 0 Å². The van der Waals surface area contributed by atoms with Crippen molar-refractivity contribution in [1.82, 2.24) is 0 Å². The van der Waals surface area contributed by atoms with Crippen molar-refractivity contribution in [2.24, 2.45) is 0 Å². The van der Waals surface area contributed by atoms with E-state index in [-0.39, 0.29) is 35.6 Å². The van der Waals surface area contributed by atoms with Crippen molar-refractivity contribution in [3.05, 3.63) is 200 Å². The molecule has 0 nitrogen and oxygen atoms in total. The van der Waals surface area contributed by atoms with Crippen LogP contribution in [0.4, 0.5) is 0 Å². The number of fused-ring (bicyclic) bond motifs is 3. The van der Waals surface area contributed by atoms with Gasteiger partial charge in [-0.25, -0.2) is 0 Å². The first-order valence-corrected chi connectivity index (χ1v) is 24.6. The molecule has 6 aromatic carbocycles. The second-order valence-electron chi connectivity index (χ2n) is 17.9. The van der Waals surface area contributed by atoms with E-state index < -0.39 is 21.3 Å². The van der Waals surface area contributed by atoms with E-state index in [1.54, 1.807) is 14.4 Å². The van der Waals surface area contributed by atoms with Crippen molar-refractivity contribution in [3.63, 3.8) is 0 Å². The number of benzene rings is 6. The first-order valence-electron chi connectivity index (χ1n) is 20.7. The van der Waals surface area contributed by atoms with Gasteiger partial charge in [0, 0.05) is 0 Å². The fourth-order valence-electron chi connectivity index (χ4n) is 9.15. The SMILES string of the molecule is CC(C)(C)c1cc2c(cc1-c1ccccc1)[CH]([Zr+2]([C]1=CC=CC1)=[C](CCc1ccccc1)CCc1ccccc1)c1cc(-c3ccccc3)c(C(C)(C)C)cc1-2.[Cl-].[Cl-]. The molecular formula is C55H56Cl2Zr. The molecule has 294 valence electrons. The molecule has 0 bridgehead atoms. The Bertz CT molecular complexity index is 2280. The van der Waals surface area contributed by atoms with Crippen LogP contribution in [0.3, 0.4) is 0 Å². The van der Waals surface area contributed by atoms with Crippen LogP contribution in [0.1, 0.15) is 97.8 Å². The molecule has 0 fully saturated rings. The smallest absolute Gasteiger partial charge is 1.00 e. The van der Waals surface area contributed by atoms with Gasteiger partial charge >= 0.3 is 346 Å². The van der Waals surface area contributed by atoms with Crippen molar-refractivity contribution >= 4 is 3.21 Å². The summed E-state index contributed by atoms with van der Waals surface area (Å²) in [6, 6.07) is 55.5. The molecule has 8 rings (SSSR count). The maximum Gasteiger partial charge on any atom is -1.00 e. The summed E-state index contributed by atoms with van der Waals surface area (Å²) in [6.07, 6.45) is 12.9. The van der Waals surface area contributed by atoms with Gasteiger partial charge in [-0.2, -0.15) is 0 Å². The first kappa shape index (κ1) is 43.7. The van der Waals surface area contributed by atoms with Crippen LogP contribution in [0.25, 0.3) is 33.4 Å².